The van der Waals surface area contributed by atoms with Crippen LogP contribution < -0.4 is 10.2 Å². The average Bonchev–Trinajstić information content (AvgIpc) is 2.83. The van der Waals surface area contributed by atoms with Crippen LogP contribution >= 0.6 is 11.3 Å². The first kappa shape index (κ1) is 11.3. The molecule has 88 valence electrons. The molecule has 1 aliphatic rings. The van der Waals surface area contributed by atoms with Crippen LogP contribution in [0.5, 0.6) is 0 Å². The molecule has 6 heteroatoms. The fourth-order valence-corrected chi connectivity index (χ4v) is 2.45. The second-order valence-electron chi connectivity index (χ2n) is 3.75. The summed E-state index contributed by atoms with van der Waals surface area (Å²) in [6.07, 6.45) is 1.83. The van der Waals surface area contributed by atoms with E-state index < -0.39 is 0 Å². The molecule has 1 aromatic heterocycles. The number of anilines is 1. The summed E-state index contributed by atoms with van der Waals surface area (Å²) in [7, 11) is 1.67. The minimum Gasteiger partial charge on any atom is -0.358 e. The number of piperazine rings is 1. The normalized spacial score (nSPS) is 17.4. The summed E-state index contributed by atoms with van der Waals surface area (Å²) in [6, 6.07) is 0. The van der Waals surface area contributed by atoms with Crippen molar-refractivity contribution in [1.82, 2.24) is 15.2 Å². The molecule has 0 spiro atoms. The molecule has 1 aliphatic heterocycles. The van der Waals surface area contributed by atoms with Gasteiger partial charge >= 0.3 is 0 Å². The topological polar surface area (TPSA) is 48.5 Å². The smallest absolute Gasteiger partial charge is 0.233 e. The minimum atomic E-state index is 0.0858. The summed E-state index contributed by atoms with van der Waals surface area (Å²) in [4.78, 5) is 19.9. The second-order valence-corrected chi connectivity index (χ2v) is 4.62. The lowest BCUT2D eigenvalue weighted by molar-refractivity contribution is -0.121. The van der Waals surface area contributed by atoms with Crippen molar-refractivity contribution in [2.45, 2.75) is 0 Å². The van der Waals surface area contributed by atoms with Gasteiger partial charge in [-0.1, -0.05) is 0 Å². The maximum absolute atomic E-state index is 11.2. The minimum absolute atomic E-state index is 0.0858. The van der Waals surface area contributed by atoms with E-state index in [1.807, 2.05) is 11.6 Å². The SMILES string of the molecule is CNC(=O)CN1CCN(c2nccs2)CC1. The zero-order chi connectivity index (χ0) is 11.4. The van der Waals surface area contributed by atoms with Crippen molar-refractivity contribution in [3.05, 3.63) is 11.6 Å². The van der Waals surface area contributed by atoms with Gasteiger partial charge in [0.15, 0.2) is 5.13 Å². The molecule has 2 rings (SSSR count). The molecule has 0 unspecified atom stereocenters. The number of rotatable bonds is 3. The predicted molar refractivity (Wildman–Crippen MR) is 64.8 cm³/mol. The molecule has 1 aromatic rings. The molecule has 16 heavy (non-hydrogen) atoms. The molecule has 1 fully saturated rings. The molecule has 0 aliphatic carbocycles. The van der Waals surface area contributed by atoms with Gasteiger partial charge in [-0.2, -0.15) is 0 Å². The molecule has 0 aromatic carbocycles. The number of carbonyl (C=O) groups excluding carboxylic acids is 1. The fourth-order valence-electron chi connectivity index (χ4n) is 1.75. The van der Waals surface area contributed by atoms with Gasteiger partial charge in [0, 0.05) is 44.8 Å². The quantitative estimate of drug-likeness (QED) is 0.808. The molecule has 0 bridgehead atoms. The van der Waals surface area contributed by atoms with Crippen LogP contribution in [0.4, 0.5) is 5.13 Å². The predicted octanol–water partition coefficient (Wildman–Crippen LogP) is 0.0111. The number of carbonyl (C=O) groups is 1. The van der Waals surface area contributed by atoms with Crippen molar-refractivity contribution < 1.29 is 4.79 Å². The van der Waals surface area contributed by atoms with Crippen molar-refractivity contribution >= 4 is 22.4 Å². The molecule has 0 radical (unpaired) electrons. The van der Waals surface area contributed by atoms with Crippen LogP contribution in [0.1, 0.15) is 0 Å². The van der Waals surface area contributed by atoms with Gasteiger partial charge in [-0.15, -0.1) is 11.3 Å². The Bertz CT molecular complexity index is 333. The molecule has 1 saturated heterocycles. The molecular formula is C10H16N4OS. The Balaban J connectivity index is 1.81. The number of nitrogens with one attached hydrogen (secondary N) is 1. The van der Waals surface area contributed by atoms with Crippen LogP contribution in [0, 0.1) is 0 Å². The lowest BCUT2D eigenvalue weighted by Crippen LogP contribution is -2.49. The Labute approximate surface area is 99.1 Å². The van der Waals surface area contributed by atoms with Gasteiger partial charge in [0.05, 0.1) is 6.54 Å². The summed E-state index contributed by atoms with van der Waals surface area (Å²) in [5, 5.41) is 5.72. The van der Waals surface area contributed by atoms with Crippen molar-refractivity contribution in [3.8, 4) is 0 Å². The van der Waals surface area contributed by atoms with Gasteiger partial charge < -0.3 is 10.2 Å². The Morgan fingerprint density at radius 2 is 2.25 bits per heavy atom. The van der Waals surface area contributed by atoms with E-state index in [9.17, 15) is 4.79 Å². The number of amides is 1. The third kappa shape index (κ3) is 2.70. The Hall–Kier alpha value is -1.14. The lowest BCUT2D eigenvalue weighted by atomic mass is 10.3. The van der Waals surface area contributed by atoms with Gasteiger partial charge in [-0.05, 0) is 0 Å². The van der Waals surface area contributed by atoms with E-state index in [1.165, 1.54) is 0 Å². The van der Waals surface area contributed by atoms with Crippen LogP contribution in [0.15, 0.2) is 11.6 Å². The van der Waals surface area contributed by atoms with Gasteiger partial charge in [-0.3, -0.25) is 9.69 Å². The first-order valence-corrected chi connectivity index (χ1v) is 6.25. The van der Waals surface area contributed by atoms with Gasteiger partial charge in [0.1, 0.15) is 0 Å². The summed E-state index contributed by atoms with van der Waals surface area (Å²) < 4.78 is 0. The summed E-state index contributed by atoms with van der Waals surface area (Å²) in [5.74, 6) is 0.0858. The maximum Gasteiger partial charge on any atom is 0.233 e. The van der Waals surface area contributed by atoms with E-state index in [4.69, 9.17) is 0 Å². The lowest BCUT2D eigenvalue weighted by Gasteiger charge is -2.33. The van der Waals surface area contributed by atoms with Crippen LogP contribution in [-0.2, 0) is 4.79 Å². The van der Waals surface area contributed by atoms with Crippen molar-refractivity contribution in [1.29, 1.82) is 0 Å². The van der Waals surface area contributed by atoms with Crippen LogP contribution in [0.3, 0.4) is 0 Å². The highest BCUT2D eigenvalue weighted by molar-refractivity contribution is 7.13. The van der Waals surface area contributed by atoms with E-state index in [0.717, 1.165) is 31.3 Å². The molecule has 0 atom stereocenters. The van der Waals surface area contributed by atoms with Crippen LogP contribution in [-0.4, -0.2) is 55.6 Å². The maximum atomic E-state index is 11.2. The van der Waals surface area contributed by atoms with E-state index >= 15 is 0 Å². The first-order chi connectivity index (χ1) is 7.79. The molecule has 2 heterocycles. The van der Waals surface area contributed by atoms with E-state index in [0.29, 0.717) is 6.54 Å². The monoisotopic (exact) mass is 240 g/mol. The van der Waals surface area contributed by atoms with Gasteiger partial charge in [0.2, 0.25) is 5.91 Å². The zero-order valence-electron chi connectivity index (χ0n) is 9.35. The number of nitrogens with zero attached hydrogens (tertiary/aromatic N) is 3. The summed E-state index contributed by atoms with van der Waals surface area (Å²) >= 11 is 1.67. The van der Waals surface area contributed by atoms with Crippen molar-refractivity contribution in [2.75, 3.05) is 44.7 Å². The van der Waals surface area contributed by atoms with Gasteiger partial charge in [-0.25, -0.2) is 4.98 Å². The molecule has 1 N–H and O–H groups in total. The largest absolute Gasteiger partial charge is 0.358 e. The Morgan fingerprint density at radius 3 is 2.81 bits per heavy atom. The Kier molecular flexibility index (Phi) is 3.74. The molecule has 0 saturated carbocycles. The molecular weight excluding hydrogens is 224 g/mol. The van der Waals surface area contributed by atoms with Crippen molar-refractivity contribution in [3.63, 3.8) is 0 Å². The van der Waals surface area contributed by atoms with Crippen molar-refractivity contribution in [2.24, 2.45) is 0 Å². The standard InChI is InChI=1S/C10H16N4OS/c1-11-9(15)8-13-3-5-14(6-4-13)10-12-2-7-16-10/h2,7H,3-6,8H2,1H3,(H,11,15). The highest BCUT2D eigenvalue weighted by atomic mass is 32.1. The first-order valence-electron chi connectivity index (χ1n) is 5.37. The number of hydrogen-bond donors (Lipinski definition) is 1. The van der Waals surface area contributed by atoms with E-state index in [1.54, 1.807) is 18.4 Å². The highest BCUT2D eigenvalue weighted by Gasteiger charge is 2.19. The summed E-state index contributed by atoms with van der Waals surface area (Å²) in [5.41, 5.74) is 0. The number of likely N-dealkylation sites (N-methyl/N-ethyl adjacent to an activating group) is 1. The van der Waals surface area contributed by atoms with Crippen LogP contribution in [0.25, 0.3) is 0 Å². The molecule has 1 amide bonds. The fraction of sp³-hybridized carbons (Fsp3) is 0.600. The third-order valence-electron chi connectivity index (χ3n) is 2.71. The number of hydrogen-bond acceptors (Lipinski definition) is 5. The molecule has 5 nitrogen and oxygen atoms in total. The number of aromatic nitrogens is 1. The Morgan fingerprint density at radius 1 is 1.50 bits per heavy atom. The van der Waals surface area contributed by atoms with E-state index in [-0.39, 0.29) is 5.91 Å². The van der Waals surface area contributed by atoms with Gasteiger partial charge in [0.25, 0.3) is 0 Å². The third-order valence-corrected chi connectivity index (χ3v) is 3.54. The summed E-state index contributed by atoms with van der Waals surface area (Å²) in [6.45, 7) is 4.25. The second kappa shape index (κ2) is 5.27. The number of thiazole rings is 1. The van der Waals surface area contributed by atoms with E-state index in [2.05, 4.69) is 20.1 Å². The van der Waals surface area contributed by atoms with Crippen LogP contribution in [0.2, 0.25) is 0 Å². The zero-order valence-corrected chi connectivity index (χ0v) is 10.2. The highest BCUT2D eigenvalue weighted by Crippen LogP contribution is 2.18. The average molecular weight is 240 g/mol.